The predicted molar refractivity (Wildman–Crippen MR) is 88.2 cm³/mol. The molecule has 1 amide bonds. The molecule has 4 nitrogen and oxygen atoms in total. The summed E-state index contributed by atoms with van der Waals surface area (Å²) < 4.78 is 5.75. The van der Waals surface area contributed by atoms with Crippen LogP contribution in [0.3, 0.4) is 0 Å². The highest BCUT2D eigenvalue weighted by atomic mass is 16.5. The van der Waals surface area contributed by atoms with Gasteiger partial charge in [0.15, 0.2) is 0 Å². The van der Waals surface area contributed by atoms with Gasteiger partial charge in [-0.3, -0.25) is 9.69 Å². The molecule has 2 rings (SSSR count). The first kappa shape index (κ1) is 16.3. The Morgan fingerprint density at radius 2 is 1.91 bits per heavy atom. The Morgan fingerprint density at radius 3 is 2.50 bits per heavy atom. The Morgan fingerprint density at radius 1 is 1.27 bits per heavy atom. The van der Waals surface area contributed by atoms with Gasteiger partial charge in [0.05, 0.1) is 0 Å². The van der Waals surface area contributed by atoms with Crippen LogP contribution >= 0.6 is 0 Å². The molecule has 1 aliphatic rings. The molecule has 0 spiro atoms. The maximum absolute atomic E-state index is 12.4. The fourth-order valence-corrected chi connectivity index (χ4v) is 2.09. The van der Waals surface area contributed by atoms with Crippen LogP contribution in [0.25, 0.3) is 0 Å². The van der Waals surface area contributed by atoms with Crippen molar-refractivity contribution in [1.82, 2.24) is 4.90 Å². The molecular formula is C18H24N2O2. The summed E-state index contributed by atoms with van der Waals surface area (Å²) in [6.07, 6.45) is 5.09. The minimum Gasteiger partial charge on any atom is -0.489 e. The van der Waals surface area contributed by atoms with Crippen molar-refractivity contribution in [1.29, 1.82) is 0 Å². The molecule has 1 heterocycles. The number of amides is 1. The van der Waals surface area contributed by atoms with E-state index in [-0.39, 0.29) is 5.91 Å². The van der Waals surface area contributed by atoms with Crippen molar-refractivity contribution in [3.05, 3.63) is 53.8 Å². The molecule has 1 atom stereocenters. The van der Waals surface area contributed by atoms with Crippen molar-refractivity contribution in [2.45, 2.75) is 33.9 Å². The second-order valence-corrected chi connectivity index (χ2v) is 6.62. The molecule has 0 aromatic heterocycles. The molecular weight excluding hydrogens is 276 g/mol. The second kappa shape index (κ2) is 6.36. The topological polar surface area (TPSA) is 55.6 Å². The van der Waals surface area contributed by atoms with Gasteiger partial charge >= 0.3 is 0 Å². The van der Waals surface area contributed by atoms with E-state index in [1.807, 2.05) is 64.1 Å². The van der Waals surface area contributed by atoms with Gasteiger partial charge in [-0.15, -0.1) is 0 Å². The number of nitrogens with two attached hydrogens (primary N) is 1. The minimum absolute atomic E-state index is 0.00261. The van der Waals surface area contributed by atoms with Crippen LogP contribution in [0.5, 0.6) is 5.75 Å². The van der Waals surface area contributed by atoms with E-state index in [9.17, 15) is 4.79 Å². The summed E-state index contributed by atoms with van der Waals surface area (Å²) in [5.74, 6) is 0.806. The lowest BCUT2D eigenvalue weighted by atomic mass is 9.94. The van der Waals surface area contributed by atoms with E-state index in [1.54, 1.807) is 11.1 Å². The maximum Gasteiger partial charge on any atom is 0.233 e. The third-order valence-corrected chi connectivity index (χ3v) is 3.44. The SMILES string of the molecule is Cc1ccc(OCC2=CN(C(=O)C(C)(C)C)C(N)C=C2)cc1. The molecule has 0 bridgehead atoms. The number of nitrogens with zero attached hydrogens (tertiary/aromatic N) is 1. The average molecular weight is 300 g/mol. The van der Waals surface area contributed by atoms with E-state index in [0.29, 0.717) is 6.61 Å². The molecule has 1 unspecified atom stereocenters. The van der Waals surface area contributed by atoms with E-state index in [0.717, 1.165) is 11.3 Å². The lowest BCUT2D eigenvalue weighted by Gasteiger charge is -2.32. The first-order valence-corrected chi connectivity index (χ1v) is 7.44. The van der Waals surface area contributed by atoms with Crippen LogP contribution < -0.4 is 10.5 Å². The van der Waals surface area contributed by atoms with Crippen molar-refractivity contribution >= 4 is 5.91 Å². The molecule has 0 saturated carbocycles. The van der Waals surface area contributed by atoms with Crippen molar-refractivity contribution < 1.29 is 9.53 Å². The zero-order valence-electron chi connectivity index (χ0n) is 13.7. The molecule has 0 aliphatic carbocycles. The van der Waals surface area contributed by atoms with Gasteiger partial charge in [-0.2, -0.15) is 0 Å². The van der Waals surface area contributed by atoms with Crippen molar-refractivity contribution in [2.24, 2.45) is 11.1 Å². The molecule has 118 valence electrons. The molecule has 4 heteroatoms. The van der Waals surface area contributed by atoms with Crippen LogP contribution in [0.1, 0.15) is 26.3 Å². The predicted octanol–water partition coefficient (Wildman–Crippen LogP) is 2.99. The zero-order chi connectivity index (χ0) is 16.3. The molecule has 2 N–H and O–H groups in total. The van der Waals surface area contributed by atoms with Crippen LogP contribution in [0, 0.1) is 12.3 Å². The van der Waals surface area contributed by atoms with Crippen molar-refractivity contribution in [3.63, 3.8) is 0 Å². The summed E-state index contributed by atoms with van der Waals surface area (Å²) in [4.78, 5) is 14.0. The number of rotatable bonds is 3. The molecule has 1 aliphatic heterocycles. The summed E-state index contributed by atoms with van der Waals surface area (Å²) in [5, 5.41) is 0. The molecule has 1 aromatic carbocycles. The first-order chi connectivity index (χ1) is 10.3. The third-order valence-electron chi connectivity index (χ3n) is 3.44. The zero-order valence-corrected chi connectivity index (χ0v) is 13.7. The monoisotopic (exact) mass is 300 g/mol. The smallest absolute Gasteiger partial charge is 0.233 e. The van der Waals surface area contributed by atoms with E-state index < -0.39 is 11.6 Å². The van der Waals surface area contributed by atoms with Crippen molar-refractivity contribution in [2.75, 3.05) is 6.61 Å². The molecule has 1 aromatic rings. The van der Waals surface area contributed by atoms with Gasteiger partial charge in [0, 0.05) is 17.2 Å². The number of ether oxygens (including phenoxy) is 1. The molecule has 0 fully saturated rings. The van der Waals surface area contributed by atoms with E-state index >= 15 is 0 Å². The molecule has 0 saturated heterocycles. The van der Waals surface area contributed by atoms with E-state index in [1.165, 1.54) is 5.56 Å². The highest BCUT2D eigenvalue weighted by Crippen LogP contribution is 2.22. The summed E-state index contributed by atoms with van der Waals surface area (Å²) >= 11 is 0. The Hall–Kier alpha value is -2.07. The van der Waals surface area contributed by atoms with Gasteiger partial charge < -0.3 is 10.5 Å². The van der Waals surface area contributed by atoms with Crippen LogP contribution in [-0.2, 0) is 4.79 Å². The molecule has 22 heavy (non-hydrogen) atoms. The largest absolute Gasteiger partial charge is 0.489 e. The number of carbonyl (C=O) groups excluding carboxylic acids is 1. The van der Waals surface area contributed by atoms with Crippen molar-refractivity contribution in [3.8, 4) is 5.75 Å². The number of hydrogen-bond donors (Lipinski definition) is 1. The minimum atomic E-state index is -0.470. The highest BCUT2D eigenvalue weighted by molar-refractivity contribution is 5.83. The van der Waals surface area contributed by atoms with Gasteiger partial charge in [0.25, 0.3) is 0 Å². The van der Waals surface area contributed by atoms with Crippen LogP contribution in [-0.4, -0.2) is 23.6 Å². The van der Waals surface area contributed by atoms with Gasteiger partial charge in [-0.05, 0) is 25.1 Å². The van der Waals surface area contributed by atoms with Gasteiger partial charge in [0.2, 0.25) is 5.91 Å². The van der Waals surface area contributed by atoms with Gasteiger partial charge in [-0.1, -0.05) is 44.5 Å². The van der Waals surface area contributed by atoms with E-state index in [2.05, 4.69) is 0 Å². The summed E-state index contributed by atoms with van der Waals surface area (Å²) in [6, 6.07) is 7.88. The van der Waals surface area contributed by atoms with E-state index in [4.69, 9.17) is 10.5 Å². The summed E-state index contributed by atoms with van der Waals surface area (Å²) in [6.45, 7) is 8.10. The third kappa shape index (κ3) is 3.98. The number of benzene rings is 1. The van der Waals surface area contributed by atoms with Crippen LogP contribution in [0.15, 0.2) is 48.2 Å². The molecule has 0 radical (unpaired) electrons. The first-order valence-electron chi connectivity index (χ1n) is 7.44. The van der Waals surface area contributed by atoms with Crippen LogP contribution in [0.4, 0.5) is 0 Å². The Balaban J connectivity index is 2.06. The lowest BCUT2D eigenvalue weighted by Crippen LogP contribution is -2.47. The Bertz CT molecular complexity index is 595. The lowest BCUT2D eigenvalue weighted by molar-refractivity contribution is -0.137. The Labute approximate surface area is 132 Å². The summed E-state index contributed by atoms with van der Waals surface area (Å²) in [5.41, 5.74) is 7.63. The van der Waals surface area contributed by atoms with Gasteiger partial charge in [-0.25, -0.2) is 0 Å². The second-order valence-electron chi connectivity index (χ2n) is 6.62. The quantitative estimate of drug-likeness (QED) is 0.933. The fourth-order valence-electron chi connectivity index (χ4n) is 2.09. The van der Waals surface area contributed by atoms with Gasteiger partial charge in [0.1, 0.15) is 18.5 Å². The number of hydrogen-bond acceptors (Lipinski definition) is 3. The van der Waals surface area contributed by atoms with Crippen LogP contribution in [0.2, 0.25) is 0 Å². The standard InChI is InChI=1S/C18H24N2O2/c1-13-5-8-15(9-6-13)22-12-14-7-10-16(19)20(11-14)17(21)18(2,3)4/h5-11,16H,12,19H2,1-4H3. The normalized spacial score (nSPS) is 18.1. The average Bonchev–Trinajstić information content (AvgIpc) is 2.46. The number of aryl methyl sites for hydroxylation is 1. The Kier molecular flexibility index (Phi) is 4.71. The maximum atomic E-state index is 12.4. The number of carbonyl (C=O) groups is 1. The highest BCUT2D eigenvalue weighted by Gasteiger charge is 2.30. The summed E-state index contributed by atoms with van der Waals surface area (Å²) in [7, 11) is 0. The fraction of sp³-hybridized carbons (Fsp3) is 0.389.